The van der Waals surface area contributed by atoms with Gasteiger partial charge in [0.2, 0.25) is 5.95 Å². The average molecular weight is 512 g/mol. The normalized spacial score (nSPS) is 10.7. The minimum Gasteiger partial charge on any atom is -0.497 e. The lowest BCUT2D eigenvalue weighted by Crippen LogP contribution is -2.23. The Morgan fingerprint density at radius 3 is 1.97 bits per heavy atom. The largest absolute Gasteiger partial charge is 0.497 e. The van der Waals surface area contributed by atoms with Crippen LogP contribution in [0.4, 0.5) is 17.3 Å². The maximum atomic E-state index is 12.5. The van der Waals surface area contributed by atoms with Crippen molar-refractivity contribution in [1.29, 1.82) is 0 Å². The van der Waals surface area contributed by atoms with E-state index in [1.165, 1.54) is 0 Å². The summed E-state index contributed by atoms with van der Waals surface area (Å²) in [5.74, 6) is 1.25. The maximum Gasteiger partial charge on any atom is 0.338 e. The van der Waals surface area contributed by atoms with E-state index in [9.17, 15) is 4.79 Å². The van der Waals surface area contributed by atoms with Crippen LogP contribution in [-0.2, 0) is 4.74 Å². The Labute approximate surface area is 220 Å². The van der Waals surface area contributed by atoms with Crippen molar-refractivity contribution in [2.45, 2.75) is 26.4 Å². The molecule has 0 fully saturated rings. The molecule has 3 aromatic carbocycles. The minimum atomic E-state index is -0.623. The lowest BCUT2D eigenvalue weighted by atomic mass is 10.1. The van der Waals surface area contributed by atoms with Crippen LogP contribution in [0.15, 0.2) is 72.8 Å². The van der Waals surface area contributed by atoms with Crippen LogP contribution < -0.4 is 19.5 Å². The second-order valence-corrected chi connectivity index (χ2v) is 8.92. The van der Waals surface area contributed by atoms with E-state index in [4.69, 9.17) is 25.5 Å². The highest BCUT2D eigenvalue weighted by atomic mass is 16.6. The minimum absolute atomic E-state index is 0.0243. The predicted molar refractivity (Wildman–Crippen MR) is 141 cm³/mol. The molecular weight excluding hydrogens is 486 g/mol. The number of carbonyl (C=O) groups is 1. The van der Waals surface area contributed by atoms with E-state index in [1.807, 2.05) is 0 Å². The number of nitrogens with zero attached hydrogens (tertiary/aromatic N) is 4. The zero-order valence-electron chi connectivity index (χ0n) is 21.3. The van der Waals surface area contributed by atoms with Crippen LogP contribution in [0.2, 0.25) is 0 Å². The van der Waals surface area contributed by atoms with Gasteiger partial charge in [0.25, 0.3) is 0 Å². The quantitative estimate of drug-likeness (QED) is 0.204. The molecule has 0 radical (unpaired) electrons. The average Bonchev–Trinajstić information content (AvgIpc) is 2.89. The highest BCUT2D eigenvalue weighted by Gasteiger charge is 2.18. The number of aromatic nitrogens is 3. The number of hydrogen-bond donors (Lipinski definition) is 1. The predicted octanol–water partition coefficient (Wildman–Crippen LogP) is 6.71. The van der Waals surface area contributed by atoms with Crippen LogP contribution in [0, 0.1) is 6.57 Å². The summed E-state index contributed by atoms with van der Waals surface area (Å²) in [6, 6.07) is 20.1. The third-order valence-electron chi connectivity index (χ3n) is 4.79. The Kier molecular flexibility index (Phi) is 7.68. The Bertz CT molecular complexity index is 1460. The van der Waals surface area contributed by atoms with Gasteiger partial charge in [-0.2, -0.15) is 9.97 Å². The molecule has 0 amide bonds. The second kappa shape index (κ2) is 11.3. The first-order valence-corrected chi connectivity index (χ1v) is 11.5. The standard InChI is InChI=1S/C28H25N5O5/c1-28(2,3)38-24(34)18-7-6-8-20(17-18)30-25-31-26(36-22-11-9-19(29-4)10-12-22)33-27(32-25)37-23-15-13-21(35-5)14-16-23/h6-17H,1-3,5H3,(H,30,31,32,33). The van der Waals surface area contributed by atoms with Crippen LogP contribution in [0.25, 0.3) is 4.85 Å². The van der Waals surface area contributed by atoms with Gasteiger partial charge >= 0.3 is 18.0 Å². The highest BCUT2D eigenvalue weighted by Crippen LogP contribution is 2.27. The van der Waals surface area contributed by atoms with E-state index in [0.717, 1.165) is 0 Å². The summed E-state index contributed by atoms with van der Waals surface area (Å²) >= 11 is 0. The number of anilines is 2. The van der Waals surface area contributed by atoms with E-state index >= 15 is 0 Å². The Morgan fingerprint density at radius 1 is 0.842 bits per heavy atom. The summed E-state index contributed by atoms with van der Waals surface area (Å²) in [5.41, 5.74) is 0.762. The number of benzene rings is 3. The smallest absolute Gasteiger partial charge is 0.338 e. The van der Waals surface area contributed by atoms with Gasteiger partial charge in [-0.3, -0.25) is 0 Å². The molecule has 0 saturated carbocycles. The molecule has 38 heavy (non-hydrogen) atoms. The van der Waals surface area contributed by atoms with Crippen molar-refractivity contribution in [3.63, 3.8) is 0 Å². The van der Waals surface area contributed by atoms with Gasteiger partial charge in [-0.05, 0) is 75.4 Å². The lowest BCUT2D eigenvalue weighted by molar-refractivity contribution is 0.00695. The number of hydrogen-bond acceptors (Lipinski definition) is 9. The Hall–Kier alpha value is -5.17. The molecule has 192 valence electrons. The topological polar surface area (TPSA) is 109 Å². The van der Waals surface area contributed by atoms with Gasteiger partial charge in [-0.25, -0.2) is 9.64 Å². The molecule has 4 aromatic rings. The van der Waals surface area contributed by atoms with Gasteiger partial charge in [-0.15, -0.1) is 4.98 Å². The molecule has 0 spiro atoms. The molecule has 0 saturated heterocycles. The molecule has 0 aliphatic heterocycles. The summed E-state index contributed by atoms with van der Waals surface area (Å²) in [6.07, 6.45) is 0. The maximum absolute atomic E-state index is 12.5. The van der Waals surface area contributed by atoms with Crippen LogP contribution in [0.1, 0.15) is 31.1 Å². The Balaban J connectivity index is 1.62. The fraction of sp³-hybridized carbons (Fsp3) is 0.179. The van der Waals surface area contributed by atoms with E-state index in [-0.39, 0.29) is 18.0 Å². The fourth-order valence-electron chi connectivity index (χ4n) is 3.12. The summed E-state index contributed by atoms with van der Waals surface area (Å²) in [5, 5.41) is 3.06. The molecular formula is C28H25N5O5. The molecule has 0 aliphatic carbocycles. The van der Waals surface area contributed by atoms with Crippen molar-refractivity contribution < 1.29 is 23.7 Å². The van der Waals surface area contributed by atoms with Crippen molar-refractivity contribution in [1.82, 2.24) is 15.0 Å². The number of carbonyl (C=O) groups excluding carboxylic acids is 1. The third-order valence-corrected chi connectivity index (χ3v) is 4.79. The first kappa shape index (κ1) is 25.9. The highest BCUT2D eigenvalue weighted by molar-refractivity contribution is 5.91. The molecule has 1 N–H and O–H groups in total. The van der Waals surface area contributed by atoms with E-state index in [2.05, 4.69) is 25.1 Å². The molecule has 0 bridgehead atoms. The molecule has 0 unspecified atom stereocenters. The van der Waals surface area contributed by atoms with Crippen LogP contribution in [0.5, 0.6) is 29.3 Å². The molecule has 1 aromatic heterocycles. The van der Waals surface area contributed by atoms with E-state index in [0.29, 0.717) is 34.2 Å². The van der Waals surface area contributed by atoms with Crippen molar-refractivity contribution >= 4 is 23.3 Å². The lowest BCUT2D eigenvalue weighted by Gasteiger charge is -2.19. The number of ether oxygens (including phenoxy) is 4. The zero-order chi connectivity index (χ0) is 27.1. The van der Waals surface area contributed by atoms with Crippen molar-refractivity contribution in [3.05, 3.63) is 89.8 Å². The van der Waals surface area contributed by atoms with E-state index < -0.39 is 11.6 Å². The fourth-order valence-corrected chi connectivity index (χ4v) is 3.12. The van der Waals surface area contributed by atoms with Gasteiger partial charge in [-0.1, -0.05) is 18.2 Å². The number of nitrogens with one attached hydrogen (secondary N) is 1. The van der Waals surface area contributed by atoms with Crippen molar-refractivity contribution in [2.24, 2.45) is 0 Å². The van der Waals surface area contributed by atoms with E-state index in [1.54, 1.807) is 101 Å². The Morgan fingerprint density at radius 2 is 1.42 bits per heavy atom. The first-order valence-electron chi connectivity index (χ1n) is 11.5. The van der Waals surface area contributed by atoms with Crippen molar-refractivity contribution in [3.8, 4) is 29.3 Å². The SMILES string of the molecule is [C-]#[N+]c1ccc(Oc2nc(Nc3cccc(C(=O)OC(C)(C)C)c3)nc(Oc3ccc(OC)cc3)n2)cc1. The molecule has 0 aliphatic rings. The van der Waals surface area contributed by atoms with Gasteiger partial charge in [0, 0.05) is 5.69 Å². The number of rotatable bonds is 8. The first-order chi connectivity index (χ1) is 18.2. The van der Waals surface area contributed by atoms with Gasteiger partial charge in [0.1, 0.15) is 22.8 Å². The molecule has 4 rings (SSSR count). The van der Waals surface area contributed by atoms with Gasteiger partial charge in [0.15, 0.2) is 5.69 Å². The van der Waals surface area contributed by atoms with Gasteiger partial charge < -0.3 is 24.3 Å². The van der Waals surface area contributed by atoms with Crippen LogP contribution in [0.3, 0.4) is 0 Å². The van der Waals surface area contributed by atoms with Crippen LogP contribution in [-0.4, -0.2) is 33.6 Å². The summed E-state index contributed by atoms with van der Waals surface area (Å²) in [4.78, 5) is 28.8. The molecule has 10 heteroatoms. The zero-order valence-corrected chi connectivity index (χ0v) is 21.3. The molecule has 1 heterocycles. The molecule has 0 atom stereocenters. The third kappa shape index (κ3) is 7.18. The summed E-state index contributed by atoms with van der Waals surface area (Å²) in [6.45, 7) is 12.5. The summed E-state index contributed by atoms with van der Waals surface area (Å²) in [7, 11) is 1.58. The molecule has 10 nitrogen and oxygen atoms in total. The van der Waals surface area contributed by atoms with Crippen molar-refractivity contribution in [2.75, 3.05) is 12.4 Å². The monoisotopic (exact) mass is 511 g/mol. The van der Waals surface area contributed by atoms with Gasteiger partial charge in [0.05, 0.1) is 19.2 Å². The summed E-state index contributed by atoms with van der Waals surface area (Å²) < 4.78 is 22.3. The van der Waals surface area contributed by atoms with Crippen LogP contribution >= 0.6 is 0 Å². The number of methoxy groups -OCH3 is 1. The second-order valence-electron chi connectivity index (χ2n) is 8.92. The number of esters is 1.